The SMILES string of the molecule is NC(=O)C1CCC(Nc2ncc(F)c(-c3cccc(N4CCCOC4=O)n3)n2)CC1. The molecule has 2 aliphatic rings. The van der Waals surface area contributed by atoms with E-state index in [2.05, 4.69) is 20.3 Å². The Morgan fingerprint density at radius 3 is 2.77 bits per heavy atom. The van der Waals surface area contributed by atoms with E-state index in [-0.39, 0.29) is 23.6 Å². The Bertz CT molecular complexity index is 948. The topological polar surface area (TPSA) is 123 Å². The largest absolute Gasteiger partial charge is 0.449 e. The molecule has 1 aliphatic heterocycles. The lowest BCUT2D eigenvalue weighted by atomic mass is 9.86. The first kappa shape index (κ1) is 20.0. The lowest BCUT2D eigenvalue weighted by Crippen LogP contribution is -2.38. The zero-order valence-corrected chi connectivity index (χ0v) is 16.4. The van der Waals surface area contributed by atoms with Crippen LogP contribution < -0.4 is 16.0 Å². The number of aromatic nitrogens is 3. The molecule has 158 valence electrons. The van der Waals surface area contributed by atoms with Gasteiger partial charge in [-0.2, -0.15) is 0 Å². The van der Waals surface area contributed by atoms with E-state index in [0.717, 1.165) is 19.0 Å². The molecule has 30 heavy (non-hydrogen) atoms. The lowest BCUT2D eigenvalue weighted by molar-refractivity contribution is -0.122. The van der Waals surface area contributed by atoms with Gasteiger partial charge in [0.2, 0.25) is 11.9 Å². The van der Waals surface area contributed by atoms with Crippen molar-refractivity contribution in [1.82, 2.24) is 15.0 Å². The minimum absolute atomic E-state index is 0.0468. The van der Waals surface area contributed by atoms with Crippen molar-refractivity contribution < 1.29 is 18.7 Å². The Labute approximate surface area is 172 Å². The van der Waals surface area contributed by atoms with Crippen LogP contribution in [-0.4, -0.2) is 46.1 Å². The number of nitrogens with one attached hydrogen (secondary N) is 1. The van der Waals surface area contributed by atoms with E-state index in [1.165, 1.54) is 4.90 Å². The van der Waals surface area contributed by atoms with Crippen LogP contribution in [0, 0.1) is 11.7 Å². The first-order valence-corrected chi connectivity index (χ1v) is 10.0. The first-order chi connectivity index (χ1) is 14.5. The third-order valence-electron chi connectivity index (χ3n) is 5.43. The van der Waals surface area contributed by atoms with Crippen molar-refractivity contribution in [3.63, 3.8) is 0 Å². The van der Waals surface area contributed by atoms with Gasteiger partial charge in [0, 0.05) is 18.5 Å². The number of carbonyl (C=O) groups excluding carboxylic acids is 2. The normalized spacial score (nSPS) is 21.8. The van der Waals surface area contributed by atoms with E-state index in [4.69, 9.17) is 10.5 Å². The number of cyclic esters (lactones) is 1. The van der Waals surface area contributed by atoms with Crippen molar-refractivity contribution in [1.29, 1.82) is 0 Å². The van der Waals surface area contributed by atoms with Crippen molar-refractivity contribution >= 4 is 23.8 Å². The van der Waals surface area contributed by atoms with Gasteiger partial charge in [-0.25, -0.2) is 24.1 Å². The van der Waals surface area contributed by atoms with Gasteiger partial charge in [0.25, 0.3) is 0 Å². The van der Waals surface area contributed by atoms with Gasteiger partial charge in [0.05, 0.1) is 18.5 Å². The number of rotatable bonds is 5. The summed E-state index contributed by atoms with van der Waals surface area (Å²) in [6.07, 6.45) is 4.26. The van der Waals surface area contributed by atoms with Crippen LogP contribution in [0.3, 0.4) is 0 Å². The average Bonchev–Trinajstić information content (AvgIpc) is 2.76. The average molecular weight is 414 g/mol. The molecule has 0 spiro atoms. The Morgan fingerprint density at radius 2 is 2.03 bits per heavy atom. The second-order valence-electron chi connectivity index (χ2n) is 7.49. The number of nitrogens with two attached hydrogens (primary N) is 1. The molecule has 0 bridgehead atoms. The zero-order chi connectivity index (χ0) is 21.1. The molecule has 1 saturated carbocycles. The second-order valence-corrected chi connectivity index (χ2v) is 7.49. The second kappa shape index (κ2) is 8.60. The molecule has 2 aromatic rings. The molecule has 4 rings (SSSR count). The van der Waals surface area contributed by atoms with Gasteiger partial charge < -0.3 is 15.8 Å². The predicted molar refractivity (Wildman–Crippen MR) is 107 cm³/mol. The van der Waals surface area contributed by atoms with E-state index in [1.807, 2.05) is 0 Å². The molecular weight excluding hydrogens is 391 g/mol. The third-order valence-corrected chi connectivity index (χ3v) is 5.43. The summed E-state index contributed by atoms with van der Waals surface area (Å²) in [6.45, 7) is 0.869. The Hall–Kier alpha value is -3.30. The van der Waals surface area contributed by atoms with Gasteiger partial charge in [-0.05, 0) is 44.2 Å². The van der Waals surface area contributed by atoms with Crippen LogP contribution in [-0.2, 0) is 9.53 Å². The number of nitrogens with zero attached hydrogens (tertiary/aromatic N) is 4. The van der Waals surface area contributed by atoms with Crippen LogP contribution >= 0.6 is 0 Å². The highest BCUT2D eigenvalue weighted by Gasteiger charge is 2.26. The number of hydrogen-bond acceptors (Lipinski definition) is 7. The van der Waals surface area contributed by atoms with Crippen molar-refractivity contribution in [2.45, 2.75) is 38.1 Å². The molecule has 9 nitrogen and oxygen atoms in total. The number of primary amides is 1. The molecule has 0 aromatic carbocycles. The highest BCUT2D eigenvalue weighted by atomic mass is 19.1. The lowest BCUT2D eigenvalue weighted by Gasteiger charge is -2.27. The van der Waals surface area contributed by atoms with Gasteiger partial charge in [-0.1, -0.05) is 6.07 Å². The summed E-state index contributed by atoms with van der Waals surface area (Å²) in [7, 11) is 0. The molecule has 2 fully saturated rings. The van der Waals surface area contributed by atoms with Crippen molar-refractivity contribution in [2.24, 2.45) is 11.7 Å². The van der Waals surface area contributed by atoms with Crippen LogP contribution in [0.1, 0.15) is 32.1 Å². The third kappa shape index (κ3) is 4.32. The highest BCUT2D eigenvalue weighted by Crippen LogP contribution is 2.27. The van der Waals surface area contributed by atoms with Crippen LogP contribution in [0.5, 0.6) is 0 Å². The fourth-order valence-electron chi connectivity index (χ4n) is 3.79. The maximum Gasteiger partial charge on any atom is 0.415 e. The number of hydrogen-bond donors (Lipinski definition) is 2. The van der Waals surface area contributed by atoms with Crippen molar-refractivity contribution in [3.8, 4) is 11.4 Å². The van der Waals surface area contributed by atoms with E-state index in [1.54, 1.807) is 18.2 Å². The Morgan fingerprint density at radius 1 is 1.23 bits per heavy atom. The number of halogens is 1. The Kier molecular flexibility index (Phi) is 5.73. The summed E-state index contributed by atoms with van der Waals surface area (Å²) in [6, 6.07) is 5.08. The molecular formula is C20H23FN6O3. The predicted octanol–water partition coefficient (Wildman–Crippen LogP) is 2.48. The molecule has 3 N–H and O–H groups in total. The molecule has 1 aliphatic carbocycles. The Balaban J connectivity index is 1.52. The van der Waals surface area contributed by atoms with Crippen LogP contribution in [0.2, 0.25) is 0 Å². The number of amides is 2. The van der Waals surface area contributed by atoms with Crippen molar-refractivity contribution in [2.75, 3.05) is 23.4 Å². The van der Waals surface area contributed by atoms with Gasteiger partial charge in [-0.3, -0.25) is 9.69 Å². The molecule has 0 unspecified atom stereocenters. The maximum atomic E-state index is 14.5. The van der Waals surface area contributed by atoms with Crippen LogP contribution in [0.25, 0.3) is 11.4 Å². The molecule has 3 heterocycles. The van der Waals surface area contributed by atoms with Gasteiger partial charge in [-0.15, -0.1) is 0 Å². The van der Waals surface area contributed by atoms with Crippen LogP contribution in [0.15, 0.2) is 24.4 Å². The number of pyridine rings is 1. The molecule has 10 heteroatoms. The van der Waals surface area contributed by atoms with Crippen molar-refractivity contribution in [3.05, 3.63) is 30.2 Å². The standard InChI is InChI=1S/C20H23FN6O3/c21-14-11-23-19(24-13-7-5-12(6-8-13)18(22)28)26-17(14)15-3-1-4-16(25-15)27-9-2-10-30-20(27)29/h1,3-4,11-13H,2,5-10H2,(H2,22,28)(H,23,24,26). The first-order valence-electron chi connectivity index (χ1n) is 10.0. The summed E-state index contributed by atoms with van der Waals surface area (Å²) in [4.78, 5) is 37.5. The van der Waals surface area contributed by atoms with Crippen LogP contribution in [0.4, 0.5) is 21.0 Å². The van der Waals surface area contributed by atoms with E-state index in [0.29, 0.717) is 49.9 Å². The van der Waals surface area contributed by atoms with E-state index >= 15 is 0 Å². The summed E-state index contributed by atoms with van der Waals surface area (Å²) < 4.78 is 19.5. The molecule has 1 saturated heterocycles. The van der Waals surface area contributed by atoms with Gasteiger partial charge >= 0.3 is 6.09 Å². The number of anilines is 2. The summed E-state index contributed by atoms with van der Waals surface area (Å²) in [5, 5.41) is 3.21. The monoisotopic (exact) mass is 414 g/mol. The van der Waals surface area contributed by atoms with Gasteiger partial charge in [0.15, 0.2) is 5.82 Å². The number of ether oxygens (including phenoxy) is 1. The minimum Gasteiger partial charge on any atom is -0.449 e. The molecule has 2 amide bonds. The minimum atomic E-state index is -0.608. The fraction of sp³-hybridized carbons (Fsp3) is 0.450. The molecule has 0 radical (unpaired) electrons. The zero-order valence-electron chi connectivity index (χ0n) is 16.4. The summed E-state index contributed by atoms with van der Waals surface area (Å²) in [5.41, 5.74) is 5.72. The fourth-order valence-corrected chi connectivity index (χ4v) is 3.79. The van der Waals surface area contributed by atoms with Gasteiger partial charge in [0.1, 0.15) is 11.5 Å². The van der Waals surface area contributed by atoms with E-state index < -0.39 is 11.9 Å². The molecule has 0 atom stereocenters. The highest BCUT2D eigenvalue weighted by molar-refractivity contribution is 5.87. The quantitative estimate of drug-likeness (QED) is 0.770. The summed E-state index contributed by atoms with van der Waals surface area (Å²) >= 11 is 0. The summed E-state index contributed by atoms with van der Waals surface area (Å²) in [5.74, 6) is -0.296. The van der Waals surface area contributed by atoms with E-state index in [9.17, 15) is 14.0 Å². The molecule has 2 aromatic heterocycles. The number of carbonyl (C=O) groups is 2. The maximum absolute atomic E-state index is 14.5. The smallest absolute Gasteiger partial charge is 0.415 e.